The van der Waals surface area contributed by atoms with Crippen LogP contribution in [0.1, 0.15) is 11.1 Å². The Morgan fingerprint density at radius 3 is 2.65 bits per heavy atom. The molecule has 20 heavy (non-hydrogen) atoms. The lowest BCUT2D eigenvalue weighted by molar-refractivity contribution is 0.344. The number of aryl methyl sites for hydroxylation is 1. The summed E-state index contributed by atoms with van der Waals surface area (Å²) >= 11 is 1.80. The normalized spacial score (nSPS) is 10.0. The minimum atomic E-state index is 0.448. The van der Waals surface area contributed by atoms with Crippen molar-refractivity contribution in [1.82, 2.24) is 0 Å². The minimum absolute atomic E-state index is 0.448. The molecule has 0 spiro atoms. The first-order chi connectivity index (χ1) is 9.78. The van der Waals surface area contributed by atoms with Crippen molar-refractivity contribution in [2.24, 2.45) is 0 Å². The van der Waals surface area contributed by atoms with Gasteiger partial charge in [0.2, 0.25) is 0 Å². The summed E-state index contributed by atoms with van der Waals surface area (Å²) in [6, 6.07) is 18.3. The molecule has 0 aliphatic heterocycles. The minimum Gasteiger partial charge on any atom is -0.493 e. The lowest BCUT2D eigenvalue weighted by atomic mass is 10.2. The van der Waals surface area contributed by atoms with Crippen molar-refractivity contribution in [3.05, 3.63) is 59.7 Å². The van der Waals surface area contributed by atoms with E-state index in [1.54, 1.807) is 11.8 Å². The SMILES string of the molecule is Cc1cccc(SCCOc2ccc(CC#N)cc2)c1. The topological polar surface area (TPSA) is 33.0 Å². The summed E-state index contributed by atoms with van der Waals surface area (Å²) in [6.07, 6.45) is 0.448. The molecule has 0 fully saturated rings. The van der Waals surface area contributed by atoms with Crippen LogP contribution in [0.25, 0.3) is 0 Å². The Balaban J connectivity index is 1.74. The van der Waals surface area contributed by atoms with Gasteiger partial charge in [-0.3, -0.25) is 0 Å². The third-order valence-corrected chi connectivity index (χ3v) is 3.77. The maximum atomic E-state index is 8.61. The van der Waals surface area contributed by atoms with Gasteiger partial charge in [0.25, 0.3) is 0 Å². The second kappa shape index (κ2) is 7.62. The van der Waals surface area contributed by atoms with Gasteiger partial charge < -0.3 is 4.74 Å². The van der Waals surface area contributed by atoms with Crippen LogP contribution >= 0.6 is 11.8 Å². The van der Waals surface area contributed by atoms with Gasteiger partial charge in [-0.1, -0.05) is 29.8 Å². The van der Waals surface area contributed by atoms with Crippen LogP contribution in [-0.4, -0.2) is 12.4 Å². The highest BCUT2D eigenvalue weighted by molar-refractivity contribution is 7.99. The third-order valence-electron chi connectivity index (χ3n) is 2.82. The fraction of sp³-hybridized carbons (Fsp3) is 0.235. The van der Waals surface area contributed by atoms with Gasteiger partial charge in [0, 0.05) is 10.6 Å². The van der Waals surface area contributed by atoms with Crippen molar-refractivity contribution in [2.45, 2.75) is 18.2 Å². The number of hydrogen-bond acceptors (Lipinski definition) is 3. The van der Waals surface area contributed by atoms with Gasteiger partial charge in [-0.2, -0.15) is 5.26 Å². The van der Waals surface area contributed by atoms with Gasteiger partial charge in [-0.15, -0.1) is 11.8 Å². The first kappa shape index (κ1) is 14.5. The summed E-state index contributed by atoms with van der Waals surface area (Å²) in [5.74, 6) is 1.78. The van der Waals surface area contributed by atoms with E-state index >= 15 is 0 Å². The summed E-state index contributed by atoms with van der Waals surface area (Å²) in [5.41, 5.74) is 2.30. The molecule has 0 aliphatic carbocycles. The molecule has 2 rings (SSSR count). The number of thioether (sulfide) groups is 1. The highest BCUT2D eigenvalue weighted by atomic mass is 32.2. The molecule has 2 aromatic carbocycles. The zero-order valence-electron chi connectivity index (χ0n) is 11.5. The first-order valence-corrected chi connectivity index (χ1v) is 7.54. The third kappa shape index (κ3) is 4.64. The Hall–Kier alpha value is -1.92. The second-order valence-electron chi connectivity index (χ2n) is 4.49. The predicted molar refractivity (Wildman–Crippen MR) is 83.2 cm³/mol. The Kier molecular flexibility index (Phi) is 5.52. The van der Waals surface area contributed by atoms with Crippen molar-refractivity contribution >= 4 is 11.8 Å². The van der Waals surface area contributed by atoms with Gasteiger partial charge in [-0.05, 0) is 36.8 Å². The molecule has 0 aromatic heterocycles. The highest BCUT2D eigenvalue weighted by Gasteiger charge is 1.97. The lowest BCUT2D eigenvalue weighted by Crippen LogP contribution is -2.00. The van der Waals surface area contributed by atoms with E-state index < -0.39 is 0 Å². The Morgan fingerprint density at radius 1 is 1.15 bits per heavy atom. The fourth-order valence-corrected chi connectivity index (χ4v) is 2.67. The molecule has 2 nitrogen and oxygen atoms in total. The van der Waals surface area contributed by atoms with Crippen LogP contribution in [-0.2, 0) is 6.42 Å². The molecule has 0 aliphatic rings. The maximum absolute atomic E-state index is 8.61. The van der Waals surface area contributed by atoms with Gasteiger partial charge >= 0.3 is 0 Å². The summed E-state index contributed by atoms with van der Waals surface area (Å²) < 4.78 is 5.69. The van der Waals surface area contributed by atoms with Crippen LogP contribution in [0.2, 0.25) is 0 Å². The molecule has 102 valence electrons. The molecule has 0 bridgehead atoms. The van der Waals surface area contributed by atoms with Crippen LogP contribution in [0.5, 0.6) is 5.75 Å². The number of hydrogen-bond donors (Lipinski definition) is 0. The van der Waals surface area contributed by atoms with Gasteiger partial charge in [0.05, 0.1) is 19.1 Å². The molecule has 0 saturated carbocycles. The van der Waals surface area contributed by atoms with E-state index in [9.17, 15) is 0 Å². The van der Waals surface area contributed by atoms with Crippen molar-refractivity contribution in [1.29, 1.82) is 5.26 Å². The van der Waals surface area contributed by atoms with Crippen molar-refractivity contribution in [3.63, 3.8) is 0 Å². The Labute approximate surface area is 124 Å². The van der Waals surface area contributed by atoms with E-state index in [1.807, 2.05) is 24.3 Å². The number of nitriles is 1. The average Bonchev–Trinajstić information content (AvgIpc) is 2.46. The van der Waals surface area contributed by atoms with Gasteiger partial charge in [0.1, 0.15) is 5.75 Å². The van der Waals surface area contributed by atoms with Crippen LogP contribution in [0.15, 0.2) is 53.4 Å². The predicted octanol–water partition coefficient (Wildman–Crippen LogP) is 4.23. The number of rotatable bonds is 6. The van der Waals surface area contributed by atoms with Gasteiger partial charge in [-0.25, -0.2) is 0 Å². The fourth-order valence-electron chi connectivity index (χ4n) is 1.82. The Bertz CT molecular complexity index is 587. The van der Waals surface area contributed by atoms with Gasteiger partial charge in [0.15, 0.2) is 0 Å². The van der Waals surface area contributed by atoms with E-state index in [1.165, 1.54) is 10.5 Å². The molecule has 0 amide bonds. The summed E-state index contributed by atoms with van der Waals surface area (Å²) in [6.45, 7) is 2.78. The van der Waals surface area contributed by atoms with E-state index in [0.29, 0.717) is 13.0 Å². The Morgan fingerprint density at radius 2 is 1.95 bits per heavy atom. The highest BCUT2D eigenvalue weighted by Crippen LogP contribution is 2.19. The quantitative estimate of drug-likeness (QED) is 0.587. The molecular weight excluding hydrogens is 266 g/mol. The molecule has 0 N–H and O–H groups in total. The van der Waals surface area contributed by atoms with Crippen LogP contribution in [0, 0.1) is 18.3 Å². The molecular formula is C17H17NOS. The van der Waals surface area contributed by atoms with E-state index in [-0.39, 0.29) is 0 Å². The molecule has 0 saturated heterocycles. The summed E-state index contributed by atoms with van der Waals surface area (Å²) in [5, 5.41) is 8.61. The molecule has 2 aromatic rings. The summed E-state index contributed by atoms with van der Waals surface area (Å²) in [4.78, 5) is 1.28. The molecule has 0 heterocycles. The first-order valence-electron chi connectivity index (χ1n) is 6.56. The standard InChI is InChI=1S/C17H17NOS/c1-14-3-2-4-17(13-14)20-12-11-19-16-7-5-15(6-8-16)9-10-18/h2-8,13H,9,11-12H2,1H3. The molecule has 3 heteroatoms. The molecule has 0 unspecified atom stereocenters. The van der Waals surface area contributed by atoms with Crippen LogP contribution in [0.3, 0.4) is 0 Å². The lowest BCUT2D eigenvalue weighted by Gasteiger charge is -2.07. The van der Waals surface area contributed by atoms with Crippen molar-refractivity contribution in [3.8, 4) is 11.8 Å². The zero-order valence-corrected chi connectivity index (χ0v) is 12.3. The second-order valence-corrected chi connectivity index (χ2v) is 5.66. The largest absolute Gasteiger partial charge is 0.493 e. The number of ether oxygens (including phenoxy) is 1. The average molecular weight is 283 g/mol. The van der Waals surface area contributed by atoms with Crippen LogP contribution in [0.4, 0.5) is 0 Å². The number of nitrogens with zero attached hydrogens (tertiary/aromatic N) is 1. The smallest absolute Gasteiger partial charge is 0.119 e. The monoisotopic (exact) mass is 283 g/mol. The number of benzene rings is 2. The molecule has 0 radical (unpaired) electrons. The van der Waals surface area contributed by atoms with Crippen LogP contribution < -0.4 is 4.74 Å². The van der Waals surface area contributed by atoms with E-state index in [0.717, 1.165) is 17.1 Å². The summed E-state index contributed by atoms with van der Waals surface area (Å²) in [7, 11) is 0. The zero-order chi connectivity index (χ0) is 14.2. The van der Waals surface area contributed by atoms with Crippen molar-refractivity contribution in [2.75, 3.05) is 12.4 Å². The van der Waals surface area contributed by atoms with E-state index in [4.69, 9.17) is 10.00 Å². The maximum Gasteiger partial charge on any atom is 0.119 e. The van der Waals surface area contributed by atoms with E-state index in [2.05, 4.69) is 37.3 Å². The van der Waals surface area contributed by atoms with Crippen molar-refractivity contribution < 1.29 is 4.74 Å². The molecule has 0 atom stereocenters.